The van der Waals surface area contributed by atoms with E-state index in [2.05, 4.69) is 0 Å². The summed E-state index contributed by atoms with van der Waals surface area (Å²) in [4.78, 5) is 22.1. The lowest BCUT2D eigenvalue weighted by molar-refractivity contribution is 0.0698. The van der Waals surface area contributed by atoms with Crippen LogP contribution in [-0.2, 0) is 0 Å². The van der Waals surface area contributed by atoms with Crippen molar-refractivity contribution in [3.05, 3.63) is 52.2 Å². The second kappa shape index (κ2) is 3.20. The van der Waals surface area contributed by atoms with Crippen molar-refractivity contribution in [1.82, 2.24) is 4.40 Å². The van der Waals surface area contributed by atoms with Crippen molar-refractivity contribution in [2.75, 3.05) is 0 Å². The van der Waals surface area contributed by atoms with Gasteiger partial charge in [0, 0.05) is 6.07 Å². The van der Waals surface area contributed by atoms with Crippen molar-refractivity contribution in [3.63, 3.8) is 0 Å². The second-order valence-electron chi connectivity index (χ2n) is 2.96. The Morgan fingerprint density at radius 1 is 1.27 bits per heavy atom. The molecule has 0 unspecified atom stereocenters. The molecule has 0 atom stereocenters. The molecule has 0 spiro atoms. The van der Waals surface area contributed by atoms with Crippen LogP contribution in [-0.4, -0.2) is 15.5 Å². The minimum absolute atomic E-state index is 0.0509. The first-order valence-corrected chi connectivity index (χ1v) is 4.15. The molecule has 4 nitrogen and oxygen atoms in total. The van der Waals surface area contributed by atoms with Crippen molar-refractivity contribution < 1.29 is 14.3 Å². The quantitative estimate of drug-likeness (QED) is 0.713. The largest absolute Gasteiger partial charge is 0.478 e. The molecule has 2 heterocycles. The molecule has 2 aromatic rings. The summed E-state index contributed by atoms with van der Waals surface area (Å²) in [5.41, 5.74) is -0.641. The third kappa shape index (κ3) is 1.38. The number of nitrogens with zero attached hydrogens (tertiary/aromatic N) is 1. The molecule has 15 heavy (non-hydrogen) atoms. The summed E-state index contributed by atoms with van der Waals surface area (Å²) in [6.45, 7) is 0. The van der Waals surface area contributed by atoms with E-state index in [0.717, 1.165) is 16.5 Å². The van der Waals surface area contributed by atoms with Gasteiger partial charge in [0.15, 0.2) is 0 Å². The van der Waals surface area contributed by atoms with Crippen LogP contribution in [0.25, 0.3) is 5.52 Å². The Morgan fingerprint density at radius 3 is 2.67 bits per heavy atom. The highest BCUT2D eigenvalue weighted by atomic mass is 19.1. The third-order valence-corrected chi connectivity index (χ3v) is 2.06. The Kier molecular flexibility index (Phi) is 2.00. The van der Waals surface area contributed by atoms with Gasteiger partial charge in [0.2, 0.25) is 5.95 Å². The van der Waals surface area contributed by atoms with E-state index in [0.29, 0.717) is 0 Å². The standard InChI is InChI=1S/C10H6FNO3/c11-8-3-1-2-7-6(10(14)15)4-5-9(13)12(7)8/h1-5H,(H,14,15). The van der Waals surface area contributed by atoms with Gasteiger partial charge >= 0.3 is 5.97 Å². The number of aromatic carboxylic acids is 1. The van der Waals surface area contributed by atoms with Crippen molar-refractivity contribution in [2.45, 2.75) is 0 Å². The topological polar surface area (TPSA) is 58.8 Å². The summed E-state index contributed by atoms with van der Waals surface area (Å²) in [5.74, 6) is -1.97. The lowest BCUT2D eigenvalue weighted by atomic mass is 10.2. The van der Waals surface area contributed by atoms with Gasteiger partial charge in [-0.1, -0.05) is 6.07 Å². The van der Waals surface area contributed by atoms with Crippen LogP contribution in [0, 0.1) is 5.95 Å². The van der Waals surface area contributed by atoms with E-state index < -0.39 is 17.5 Å². The summed E-state index contributed by atoms with van der Waals surface area (Å²) in [7, 11) is 0. The van der Waals surface area contributed by atoms with Crippen molar-refractivity contribution in [1.29, 1.82) is 0 Å². The molecule has 0 aliphatic heterocycles. The van der Waals surface area contributed by atoms with Crippen LogP contribution in [0.3, 0.4) is 0 Å². The normalized spacial score (nSPS) is 10.5. The summed E-state index contributed by atoms with van der Waals surface area (Å²) < 4.78 is 14.0. The van der Waals surface area contributed by atoms with Gasteiger partial charge in [-0.2, -0.15) is 4.39 Å². The fourth-order valence-corrected chi connectivity index (χ4v) is 1.41. The number of carbonyl (C=O) groups is 1. The number of hydrogen-bond donors (Lipinski definition) is 1. The van der Waals surface area contributed by atoms with E-state index in [4.69, 9.17) is 5.11 Å². The molecule has 0 aromatic carbocycles. The minimum atomic E-state index is -1.20. The molecule has 2 aromatic heterocycles. The molecule has 0 amide bonds. The number of rotatable bonds is 1. The van der Waals surface area contributed by atoms with Gasteiger partial charge in [0.25, 0.3) is 5.56 Å². The van der Waals surface area contributed by atoms with Gasteiger partial charge in [0.05, 0.1) is 11.1 Å². The molecule has 0 aliphatic carbocycles. The van der Waals surface area contributed by atoms with Crippen LogP contribution >= 0.6 is 0 Å². The Bertz CT molecular complexity index is 603. The van der Waals surface area contributed by atoms with E-state index >= 15 is 0 Å². The molecular weight excluding hydrogens is 201 g/mol. The highest BCUT2D eigenvalue weighted by Crippen LogP contribution is 2.09. The number of pyridine rings is 2. The lowest BCUT2D eigenvalue weighted by Gasteiger charge is -2.04. The van der Waals surface area contributed by atoms with E-state index in [1.165, 1.54) is 18.2 Å². The van der Waals surface area contributed by atoms with Crippen LogP contribution in [0.4, 0.5) is 4.39 Å². The Labute approximate surface area is 83.2 Å². The maximum atomic E-state index is 13.3. The molecule has 1 N–H and O–H groups in total. The number of carboxylic acids is 1. The number of halogens is 1. The van der Waals surface area contributed by atoms with Gasteiger partial charge < -0.3 is 5.11 Å². The molecule has 0 saturated heterocycles. The highest BCUT2D eigenvalue weighted by Gasteiger charge is 2.11. The average Bonchev–Trinajstić information content (AvgIpc) is 2.17. The maximum absolute atomic E-state index is 13.3. The molecule has 0 bridgehead atoms. The summed E-state index contributed by atoms with van der Waals surface area (Å²) >= 11 is 0. The number of hydrogen-bond acceptors (Lipinski definition) is 2. The van der Waals surface area contributed by atoms with E-state index in [9.17, 15) is 14.0 Å². The summed E-state index contributed by atoms with van der Waals surface area (Å²) in [6, 6.07) is 6.03. The number of carboxylic acid groups (broad SMARTS) is 1. The van der Waals surface area contributed by atoms with Crippen molar-refractivity contribution in [3.8, 4) is 0 Å². The lowest BCUT2D eigenvalue weighted by Crippen LogP contribution is -2.17. The first kappa shape index (κ1) is 9.39. The zero-order chi connectivity index (χ0) is 11.0. The van der Waals surface area contributed by atoms with Crippen LogP contribution in [0.1, 0.15) is 10.4 Å². The number of aromatic nitrogens is 1. The predicted molar refractivity (Wildman–Crippen MR) is 50.6 cm³/mol. The fourth-order valence-electron chi connectivity index (χ4n) is 1.41. The van der Waals surface area contributed by atoms with E-state index in [1.54, 1.807) is 0 Å². The molecule has 0 radical (unpaired) electrons. The van der Waals surface area contributed by atoms with Gasteiger partial charge in [-0.3, -0.25) is 9.20 Å². The monoisotopic (exact) mass is 207 g/mol. The SMILES string of the molecule is O=C(O)c1ccc(=O)n2c(F)cccc12. The molecule has 5 heteroatoms. The molecular formula is C10H6FNO3. The van der Waals surface area contributed by atoms with Crippen LogP contribution in [0.15, 0.2) is 35.1 Å². The van der Waals surface area contributed by atoms with Gasteiger partial charge in [-0.15, -0.1) is 0 Å². The average molecular weight is 207 g/mol. The first-order valence-electron chi connectivity index (χ1n) is 4.15. The molecule has 0 aliphatic rings. The van der Waals surface area contributed by atoms with Gasteiger partial charge in [-0.25, -0.2) is 4.79 Å². The number of fused-ring (bicyclic) bond motifs is 1. The van der Waals surface area contributed by atoms with Crippen LogP contribution < -0.4 is 5.56 Å². The smallest absolute Gasteiger partial charge is 0.337 e. The van der Waals surface area contributed by atoms with Crippen LogP contribution in [0.5, 0.6) is 0 Å². The zero-order valence-corrected chi connectivity index (χ0v) is 7.48. The molecule has 76 valence electrons. The fraction of sp³-hybridized carbons (Fsp3) is 0. The maximum Gasteiger partial charge on any atom is 0.337 e. The summed E-state index contributed by atoms with van der Waals surface area (Å²) in [5, 5.41) is 8.83. The highest BCUT2D eigenvalue weighted by molar-refractivity contribution is 5.95. The molecule has 0 saturated carbocycles. The van der Waals surface area contributed by atoms with Crippen LogP contribution in [0.2, 0.25) is 0 Å². The van der Waals surface area contributed by atoms with E-state index in [1.807, 2.05) is 0 Å². The molecule has 0 fully saturated rings. The van der Waals surface area contributed by atoms with Crippen molar-refractivity contribution in [2.24, 2.45) is 0 Å². The Balaban J connectivity index is 3.01. The molecule has 2 rings (SSSR count). The predicted octanol–water partition coefficient (Wildman–Crippen LogP) is 1.14. The van der Waals surface area contributed by atoms with Gasteiger partial charge in [0.1, 0.15) is 0 Å². The van der Waals surface area contributed by atoms with Gasteiger partial charge in [-0.05, 0) is 18.2 Å². The second-order valence-corrected chi connectivity index (χ2v) is 2.96. The third-order valence-electron chi connectivity index (χ3n) is 2.06. The first-order chi connectivity index (χ1) is 7.11. The zero-order valence-electron chi connectivity index (χ0n) is 7.48. The Hall–Kier alpha value is -2.17. The summed E-state index contributed by atoms with van der Waals surface area (Å²) in [6.07, 6.45) is 0. The minimum Gasteiger partial charge on any atom is -0.478 e. The van der Waals surface area contributed by atoms with E-state index in [-0.39, 0.29) is 11.1 Å². The van der Waals surface area contributed by atoms with Crippen molar-refractivity contribution >= 4 is 11.5 Å². The Morgan fingerprint density at radius 2 is 2.00 bits per heavy atom.